The number of aromatic hydroxyl groups is 1. The molecule has 1 aliphatic carbocycles. The maximum absolute atomic E-state index is 14.2. The molecule has 2 saturated heterocycles. The Bertz CT molecular complexity index is 2810. The van der Waals surface area contributed by atoms with Crippen LogP contribution in [0.25, 0.3) is 22.0 Å². The minimum atomic E-state index is -0.690. The number of aryl methyl sites for hydroxylation is 2. The van der Waals surface area contributed by atoms with Crippen molar-refractivity contribution in [3.8, 4) is 39.7 Å². The minimum absolute atomic E-state index is 0.0650. The summed E-state index contributed by atoms with van der Waals surface area (Å²) < 4.78 is 33.4. The molecule has 2 fully saturated rings. The lowest BCUT2D eigenvalue weighted by Gasteiger charge is -2.30. The molecule has 0 spiro atoms. The Labute approximate surface area is 425 Å². The molecular formula is C49H62FN13O7S2. The number of phenolic OH excluding ortho intramolecular Hbond substituents is 1. The van der Waals surface area contributed by atoms with E-state index in [1.54, 1.807) is 54.9 Å². The summed E-state index contributed by atoms with van der Waals surface area (Å²) in [6.07, 6.45) is 11.4. The van der Waals surface area contributed by atoms with E-state index in [4.69, 9.17) is 29.7 Å². The number of thiophene rings is 1. The van der Waals surface area contributed by atoms with Gasteiger partial charge in [0.2, 0.25) is 30.0 Å². The fraction of sp³-hybridized carbons (Fsp3) is 0.510. The molecule has 0 saturated carbocycles. The predicted molar refractivity (Wildman–Crippen MR) is 269 cm³/mol. The Morgan fingerprint density at radius 1 is 1.15 bits per heavy atom. The number of nitrogens with two attached hydrogens (primary N) is 1. The minimum Gasteiger partial charge on any atom is -0.505 e. The molecule has 2 aliphatic heterocycles. The average Bonchev–Trinajstić information content (AvgIpc) is 4.23. The molecule has 1 aromatic carbocycles. The van der Waals surface area contributed by atoms with Gasteiger partial charge in [-0.1, -0.05) is 41.8 Å². The Kier molecular flexibility index (Phi) is 18.2. The molecule has 3 aliphatic rings. The molecule has 4 unspecified atom stereocenters. The van der Waals surface area contributed by atoms with Crippen molar-refractivity contribution in [1.29, 1.82) is 5.26 Å². The van der Waals surface area contributed by atoms with Crippen LogP contribution in [-0.2, 0) is 32.7 Å². The fourth-order valence-corrected chi connectivity index (χ4v) is 10.9. The molecule has 20 nitrogen and oxygen atoms in total. The van der Waals surface area contributed by atoms with Crippen LogP contribution < -0.4 is 20.7 Å². The van der Waals surface area contributed by atoms with E-state index in [0.29, 0.717) is 101 Å². The number of nitrogens with one attached hydrogen (secondary N) is 1. The highest BCUT2D eigenvalue weighted by molar-refractivity contribution is 7.16. The van der Waals surface area contributed by atoms with Gasteiger partial charge in [0.1, 0.15) is 23.3 Å². The molecule has 5 aromatic heterocycles. The first-order chi connectivity index (χ1) is 34.8. The van der Waals surface area contributed by atoms with Crippen LogP contribution in [0.15, 0.2) is 40.6 Å². The van der Waals surface area contributed by atoms with Gasteiger partial charge in [-0.15, -0.1) is 22.7 Å². The van der Waals surface area contributed by atoms with E-state index >= 15 is 0 Å². The van der Waals surface area contributed by atoms with Gasteiger partial charge in [-0.3, -0.25) is 9.59 Å². The number of rotatable bonds is 15. The number of thiazole rings is 1. The summed E-state index contributed by atoms with van der Waals surface area (Å²) in [6.45, 7) is 13.3. The molecule has 7 heterocycles. The number of halogens is 1. The first-order valence-corrected chi connectivity index (χ1v) is 25.9. The van der Waals surface area contributed by atoms with Gasteiger partial charge < -0.3 is 45.1 Å². The topological polar surface area (TPSA) is 270 Å². The first-order valence-electron chi connectivity index (χ1n) is 24.2. The van der Waals surface area contributed by atoms with Gasteiger partial charge in [0.25, 0.3) is 5.88 Å². The monoisotopic (exact) mass is 1030 g/mol. The van der Waals surface area contributed by atoms with Gasteiger partial charge in [-0.05, 0) is 77.8 Å². The Morgan fingerprint density at radius 3 is 2.71 bits per heavy atom. The van der Waals surface area contributed by atoms with Crippen LogP contribution in [0.3, 0.4) is 0 Å². The summed E-state index contributed by atoms with van der Waals surface area (Å²) in [4.78, 5) is 46.6. The third kappa shape index (κ3) is 12.5. The van der Waals surface area contributed by atoms with Crippen LogP contribution in [0.1, 0.15) is 118 Å². The highest BCUT2D eigenvalue weighted by Crippen LogP contribution is 2.48. The van der Waals surface area contributed by atoms with Gasteiger partial charge in [0, 0.05) is 60.4 Å². The van der Waals surface area contributed by atoms with Crippen molar-refractivity contribution in [2.75, 3.05) is 50.0 Å². The molecule has 23 heteroatoms. The largest absolute Gasteiger partial charge is 0.505 e. The van der Waals surface area contributed by atoms with Crippen LogP contribution in [0.4, 0.5) is 15.3 Å². The number of ether oxygens (including phenoxy) is 2. The summed E-state index contributed by atoms with van der Waals surface area (Å²) in [6, 6.07) is 6.81. The molecular weight excluding hydrogens is 966 g/mol. The van der Waals surface area contributed by atoms with E-state index in [-0.39, 0.29) is 18.6 Å². The number of aromatic nitrogens is 8. The Morgan fingerprint density at radius 2 is 1.97 bits per heavy atom. The number of nitrogens with zero attached hydrogens (tertiary/aromatic N) is 11. The Balaban J connectivity index is 0.000000288. The van der Waals surface area contributed by atoms with Crippen LogP contribution >= 0.6 is 22.7 Å². The lowest BCUT2D eigenvalue weighted by atomic mass is 9.72. The van der Waals surface area contributed by atoms with E-state index in [9.17, 15) is 29.5 Å². The number of anilines is 2. The lowest BCUT2D eigenvalue weighted by Crippen LogP contribution is -2.32. The van der Waals surface area contributed by atoms with Crippen molar-refractivity contribution in [3.05, 3.63) is 75.1 Å². The molecule has 4 atom stereocenters. The van der Waals surface area contributed by atoms with E-state index in [2.05, 4.69) is 55.6 Å². The fourth-order valence-electron chi connectivity index (χ4n) is 8.89. The normalized spacial score (nSPS) is 18.9. The molecule has 0 radical (unpaired) electrons. The third-order valence-corrected chi connectivity index (χ3v) is 14.7. The first kappa shape index (κ1) is 53.2. The zero-order valence-electron chi connectivity index (χ0n) is 41.2. The average molecular weight is 1030 g/mol. The molecule has 5 N–H and O–H groups in total. The number of phenols is 1. The summed E-state index contributed by atoms with van der Waals surface area (Å²) in [5.41, 5.74) is 10.6. The standard InChI is InChI=1S/C33H41N11O5S.C13H13FN2O2S.C3H8/c1-33(10-2-6-25-28(33)23(17-34)29(35)50-25)31-38-30(40-49-31)24-7-11-36-32(37-24)42-12-3-5-22(9-14-42)47-15-4-16-48-26-19-44(41-39-26)20-27(46)43-13-8-21(45)18-43;1-7(15-5-17)9-3-4-10(11(14)12(9)18)13-8(2)16-6-19-13;1-3-2/h7,11,19,21-22,45H,2-6,8-10,12-16,18,20,35H2,1H3;3-7,18H,1-2H3,(H,15,17);3H2,1-2H3. The molecule has 72 heavy (non-hydrogen) atoms. The van der Waals surface area contributed by atoms with Crippen molar-refractivity contribution < 1.29 is 38.2 Å². The maximum Gasteiger partial charge on any atom is 0.253 e. The lowest BCUT2D eigenvalue weighted by molar-refractivity contribution is -0.131. The van der Waals surface area contributed by atoms with Crippen molar-refractivity contribution in [2.24, 2.45) is 0 Å². The van der Waals surface area contributed by atoms with Crippen LogP contribution in [0.2, 0.25) is 0 Å². The number of aliphatic hydroxyl groups excluding tert-OH is 1. The number of benzene rings is 1. The van der Waals surface area contributed by atoms with Crippen LogP contribution in [-0.4, -0.2) is 119 Å². The maximum atomic E-state index is 14.2. The number of carbonyl (C=O) groups excluding carboxylic acids is 2. The number of carbonyl (C=O) groups is 2. The van der Waals surface area contributed by atoms with Gasteiger partial charge in [0.05, 0.1) is 64.7 Å². The second-order valence-electron chi connectivity index (χ2n) is 18.1. The van der Waals surface area contributed by atoms with Crippen molar-refractivity contribution in [3.63, 3.8) is 0 Å². The van der Waals surface area contributed by atoms with Gasteiger partial charge >= 0.3 is 0 Å². The second-order valence-corrected chi connectivity index (χ2v) is 20.1. The van der Waals surface area contributed by atoms with Crippen molar-refractivity contribution in [1.82, 2.24) is 50.3 Å². The number of amides is 2. The molecule has 9 rings (SSSR count). The number of hydrogen-bond acceptors (Lipinski definition) is 19. The SMILES string of the molecule is CC1(c2nc(-c3ccnc(N4CCCC(OCCCOc5cn(CC(=O)N6CCC(O)C6)nn5)CC4)n3)no2)CCCc2sc(N)c(C#N)c21.CCC.Cc1ncsc1-c1ccc(C(C)NC=O)c(O)c1F. The molecule has 6 aromatic rings. The number of hydrogen-bond donors (Lipinski definition) is 4. The third-order valence-electron chi connectivity index (χ3n) is 12.6. The number of fused-ring (bicyclic) bond motifs is 1. The summed E-state index contributed by atoms with van der Waals surface area (Å²) in [5.74, 6) is 0.591. The van der Waals surface area contributed by atoms with Gasteiger partial charge in [-0.25, -0.2) is 24.0 Å². The van der Waals surface area contributed by atoms with E-state index in [1.807, 2.05) is 6.92 Å². The molecule has 2 amide bonds. The predicted octanol–water partition coefficient (Wildman–Crippen LogP) is 6.90. The van der Waals surface area contributed by atoms with Gasteiger partial charge in [-0.2, -0.15) is 10.2 Å². The zero-order chi connectivity index (χ0) is 51.4. The number of nitrogen functional groups attached to an aromatic ring is 1. The number of likely N-dealkylation sites (tertiary alicyclic amines) is 1. The second kappa shape index (κ2) is 24.7. The van der Waals surface area contributed by atoms with E-state index in [0.717, 1.165) is 67.7 Å². The number of nitriles is 1. The Hall–Kier alpha value is -6.61. The quantitative estimate of drug-likeness (QED) is 0.0601. The summed E-state index contributed by atoms with van der Waals surface area (Å²) in [5, 5.41) is 44.7. The highest BCUT2D eigenvalue weighted by atomic mass is 32.1. The van der Waals surface area contributed by atoms with E-state index in [1.165, 1.54) is 33.8 Å². The molecule has 0 bridgehead atoms. The van der Waals surface area contributed by atoms with Crippen LogP contribution in [0.5, 0.6) is 11.6 Å². The number of aliphatic hydroxyl groups is 1. The number of β-amino-alcohol motifs (C(OH)–C–C–N with tert-alkyl or cyclic N) is 1. The van der Waals surface area contributed by atoms with Crippen molar-refractivity contribution in [2.45, 2.75) is 123 Å². The summed E-state index contributed by atoms with van der Waals surface area (Å²) in [7, 11) is 0. The van der Waals surface area contributed by atoms with Gasteiger partial charge in [0.15, 0.2) is 11.6 Å². The smallest absolute Gasteiger partial charge is 0.253 e. The highest BCUT2D eigenvalue weighted by Gasteiger charge is 2.43. The molecule has 384 valence electrons. The van der Waals surface area contributed by atoms with Crippen LogP contribution in [0, 0.1) is 24.1 Å². The summed E-state index contributed by atoms with van der Waals surface area (Å²) >= 11 is 2.79. The zero-order valence-corrected chi connectivity index (χ0v) is 42.8. The van der Waals surface area contributed by atoms with Crippen molar-refractivity contribution >= 4 is 45.9 Å². The van der Waals surface area contributed by atoms with E-state index < -0.39 is 29.1 Å².